The lowest BCUT2D eigenvalue weighted by molar-refractivity contribution is -0.136. The summed E-state index contributed by atoms with van der Waals surface area (Å²) in [6.07, 6.45) is 0. The molecule has 1 aliphatic heterocycles. The standard InChI is InChI=1S/C13H23N5O/c1-10-6-11(2)18(15-10)9-13(19)17-5-4-16(3)8-12(17)7-14/h6,12H,4-5,7-9,14H2,1-3H3. The van der Waals surface area contributed by atoms with E-state index in [2.05, 4.69) is 17.0 Å². The minimum atomic E-state index is 0.106. The Kier molecular flexibility index (Phi) is 4.21. The smallest absolute Gasteiger partial charge is 0.244 e. The molecule has 6 nitrogen and oxygen atoms in total. The molecular weight excluding hydrogens is 242 g/mol. The van der Waals surface area contributed by atoms with Crippen LogP contribution in [-0.4, -0.2) is 64.8 Å². The van der Waals surface area contributed by atoms with E-state index in [1.165, 1.54) is 0 Å². The van der Waals surface area contributed by atoms with Crippen molar-refractivity contribution in [2.24, 2.45) is 5.73 Å². The second-order valence-corrected chi connectivity index (χ2v) is 5.32. The van der Waals surface area contributed by atoms with E-state index in [0.29, 0.717) is 13.1 Å². The van der Waals surface area contributed by atoms with Crippen molar-refractivity contribution < 1.29 is 4.79 Å². The fraction of sp³-hybridized carbons (Fsp3) is 0.692. The second kappa shape index (κ2) is 5.71. The van der Waals surface area contributed by atoms with Crippen LogP contribution in [0.2, 0.25) is 0 Å². The van der Waals surface area contributed by atoms with Crippen molar-refractivity contribution in [2.75, 3.05) is 33.2 Å². The molecule has 0 spiro atoms. The summed E-state index contributed by atoms with van der Waals surface area (Å²) in [5.74, 6) is 0.106. The fourth-order valence-corrected chi connectivity index (χ4v) is 2.59. The van der Waals surface area contributed by atoms with Crippen LogP contribution in [0, 0.1) is 13.8 Å². The van der Waals surface area contributed by atoms with Gasteiger partial charge in [-0.05, 0) is 27.0 Å². The van der Waals surface area contributed by atoms with Gasteiger partial charge in [-0.15, -0.1) is 0 Å². The Hall–Kier alpha value is -1.40. The molecule has 1 aromatic heterocycles. The number of carbonyl (C=O) groups excluding carboxylic acids is 1. The fourth-order valence-electron chi connectivity index (χ4n) is 2.59. The number of nitrogens with zero attached hydrogens (tertiary/aromatic N) is 4. The molecule has 0 radical (unpaired) electrons. The van der Waals surface area contributed by atoms with Crippen molar-refractivity contribution in [1.29, 1.82) is 0 Å². The first-order valence-electron chi connectivity index (χ1n) is 6.70. The molecule has 0 aromatic carbocycles. The third-order valence-corrected chi connectivity index (χ3v) is 3.67. The highest BCUT2D eigenvalue weighted by molar-refractivity contribution is 5.76. The van der Waals surface area contributed by atoms with Gasteiger partial charge >= 0.3 is 0 Å². The normalized spacial score (nSPS) is 20.8. The van der Waals surface area contributed by atoms with Gasteiger partial charge in [0.25, 0.3) is 0 Å². The van der Waals surface area contributed by atoms with Gasteiger partial charge < -0.3 is 15.5 Å². The van der Waals surface area contributed by atoms with E-state index in [4.69, 9.17) is 5.73 Å². The molecule has 1 fully saturated rings. The van der Waals surface area contributed by atoms with Crippen LogP contribution in [0.5, 0.6) is 0 Å². The van der Waals surface area contributed by atoms with Crippen LogP contribution in [0.4, 0.5) is 0 Å². The topological polar surface area (TPSA) is 67.4 Å². The van der Waals surface area contributed by atoms with Crippen LogP contribution in [-0.2, 0) is 11.3 Å². The monoisotopic (exact) mass is 265 g/mol. The zero-order valence-corrected chi connectivity index (χ0v) is 12.0. The van der Waals surface area contributed by atoms with Crippen LogP contribution < -0.4 is 5.73 Å². The van der Waals surface area contributed by atoms with E-state index in [1.807, 2.05) is 24.8 Å². The number of likely N-dealkylation sites (N-methyl/N-ethyl adjacent to an activating group) is 1. The third-order valence-electron chi connectivity index (χ3n) is 3.67. The number of amides is 1. The van der Waals surface area contributed by atoms with Crippen molar-refractivity contribution >= 4 is 5.91 Å². The molecule has 1 aliphatic rings. The highest BCUT2D eigenvalue weighted by atomic mass is 16.2. The summed E-state index contributed by atoms with van der Waals surface area (Å²) in [5.41, 5.74) is 7.74. The van der Waals surface area contributed by atoms with E-state index in [-0.39, 0.29) is 11.9 Å². The Morgan fingerprint density at radius 1 is 1.47 bits per heavy atom. The van der Waals surface area contributed by atoms with Crippen molar-refractivity contribution in [2.45, 2.75) is 26.4 Å². The molecule has 6 heteroatoms. The zero-order chi connectivity index (χ0) is 14.0. The Morgan fingerprint density at radius 2 is 2.21 bits per heavy atom. The van der Waals surface area contributed by atoms with Gasteiger partial charge in [-0.25, -0.2) is 0 Å². The highest BCUT2D eigenvalue weighted by Crippen LogP contribution is 2.10. The van der Waals surface area contributed by atoms with Gasteiger partial charge in [-0.3, -0.25) is 9.48 Å². The molecule has 2 heterocycles. The molecule has 1 unspecified atom stereocenters. The van der Waals surface area contributed by atoms with E-state index in [1.54, 1.807) is 4.68 Å². The number of piperazine rings is 1. The van der Waals surface area contributed by atoms with Crippen molar-refractivity contribution in [1.82, 2.24) is 19.6 Å². The third kappa shape index (κ3) is 3.13. The second-order valence-electron chi connectivity index (χ2n) is 5.32. The molecular formula is C13H23N5O. The van der Waals surface area contributed by atoms with Gasteiger partial charge in [0.1, 0.15) is 6.54 Å². The highest BCUT2D eigenvalue weighted by Gasteiger charge is 2.28. The number of hydrogen-bond donors (Lipinski definition) is 1. The van der Waals surface area contributed by atoms with Gasteiger partial charge in [0.05, 0.1) is 11.7 Å². The molecule has 2 rings (SSSR count). The lowest BCUT2D eigenvalue weighted by Crippen LogP contribution is -2.57. The minimum absolute atomic E-state index is 0.106. The van der Waals surface area contributed by atoms with Gasteiger partial charge in [0, 0.05) is 31.9 Å². The quantitative estimate of drug-likeness (QED) is 0.807. The maximum atomic E-state index is 12.4. The molecule has 19 heavy (non-hydrogen) atoms. The van der Waals surface area contributed by atoms with E-state index in [0.717, 1.165) is 31.0 Å². The predicted molar refractivity (Wildman–Crippen MR) is 73.8 cm³/mol. The largest absolute Gasteiger partial charge is 0.334 e. The SMILES string of the molecule is Cc1cc(C)n(CC(=O)N2CCN(C)CC2CN)n1. The van der Waals surface area contributed by atoms with E-state index >= 15 is 0 Å². The summed E-state index contributed by atoms with van der Waals surface area (Å²) >= 11 is 0. The summed E-state index contributed by atoms with van der Waals surface area (Å²) < 4.78 is 1.77. The summed E-state index contributed by atoms with van der Waals surface area (Å²) in [5, 5.41) is 4.34. The summed E-state index contributed by atoms with van der Waals surface area (Å²) in [6.45, 7) is 7.21. The lowest BCUT2D eigenvalue weighted by atomic mass is 10.1. The van der Waals surface area contributed by atoms with Crippen LogP contribution in [0.3, 0.4) is 0 Å². The van der Waals surface area contributed by atoms with Gasteiger partial charge in [-0.1, -0.05) is 0 Å². The first-order valence-corrected chi connectivity index (χ1v) is 6.70. The molecule has 0 aliphatic carbocycles. The first-order chi connectivity index (χ1) is 9.01. The molecule has 106 valence electrons. The van der Waals surface area contributed by atoms with Crippen LogP contribution in [0.25, 0.3) is 0 Å². The first kappa shape index (κ1) is 14.0. The van der Waals surface area contributed by atoms with E-state index in [9.17, 15) is 4.79 Å². The van der Waals surface area contributed by atoms with Gasteiger partial charge in [0.15, 0.2) is 0 Å². The lowest BCUT2D eigenvalue weighted by Gasteiger charge is -2.39. The molecule has 1 amide bonds. The Labute approximate surface area is 114 Å². The molecule has 2 N–H and O–H groups in total. The summed E-state index contributed by atoms with van der Waals surface area (Å²) in [7, 11) is 2.06. The summed E-state index contributed by atoms with van der Waals surface area (Å²) in [6, 6.07) is 2.10. The van der Waals surface area contributed by atoms with Gasteiger partial charge in [-0.2, -0.15) is 5.10 Å². The number of aryl methyl sites for hydroxylation is 2. The Bertz CT molecular complexity index is 456. The maximum absolute atomic E-state index is 12.4. The molecule has 0 saturated carbocycles. The Morgan fingerprint density at radius 3 is 2.79 bits per heavy atom. The number of rotatable bonds is 3. The Balaban J connectivity index is 2.04. The zero-order valence-electron chi connectivity index (χ0n) is 12.0. The molecule has 1 saturated heterocycles. The van der Waals surface area contributed by atoms with Crippen molar-refractivity contribution in [3.8, 4) is 0 Å². The van der Waals surface area contributed by atoms with Crippen LogP contribution >= 0.6 is 0 Å². The number of carbonyl (C=O) groups is 1. The van der Waals surface area contributed by atoms with E-state index < -0.39 is 0 Å². The van der Waals surface area contributed by atoms with Crippen molar-refractivity contribution in [3.05, 3.63) is 17.5 Å². The minimum Gasteiger partial charge on any atom is -0.334 e. The maximum Gasteiger partial charge on any atom is 0.244 e. The molecule has 0 bridgehead atoms. The number of nitrogens with two attached hydrogens (primary N) is 1. The number of hydrogen-bond acceptors (Lipinski definition) is 4. The van der Waals surface area contributed by atoms with Crippen LogP contribution in [0.15, 0.2) is 6.07 Å². The average molecular weight is 265 g/mol. The van der Waals surface area contributed by atoms with Crippen LogP contribution in [0.1, 0.15) is 11.4 Å². The molecule has 1 aromatic rings. The number of aromatic nitrogens is 2. The predicted octanol–water partition coefficient (Wildman–Crippen LogP) is -0.399. The van der Waals surface area contributed by atoms with Crippen molar-refractivity contribution in [3.63, 3.8) is 0 Å². The molecule has 1 atom stereocenters. The average Bonchev–Trinajstić information content (AvgIpc) is 2.67. The summed E-state index contributed by atoms with van der Waals surface area (Å²) in [4.78, 5) is 16.5. The van der Waals surface area contributed by atoms with Gasteiger partial charge in [0.2, 0.25) is 5.91 Å².